The third-order valence-electron chi connectivity index (χ3n) is 10.8. The summed E-state index contributed by atoms with van der Waals surface area (Å²) in [6.07, 6.45) is 6.73. The van der Waals surface area contributed by atoms with Crippen molar-refractivity contribution in [2.45, 2.75) is 86.7 Å². The van der Waals surface area contributed by atoms with Crippen molar-refractivity contribution in [3.63, 3.8) is 0 Å². The Bertz CT molecular complexity index is 1520. The smallest absolute Gasteiger partial charge is 0.309 e. The summed E-state index contributed by atoms with van der Waals surface area (Å²) in [7, 11) is 3.11. The highest BCUT2D eigenvalue weighted by atomic mass is 32.2. The number of nitrogens with zero attached hydrogens (tertiary/aromatic N) is 1. The summed E-state index contributed by atoms with van der Waals surface area (Å²) in [6.45, 7) is 0. The maximum atomic E-state index is 14.3. The quantitative estimate of drug-likeness (QED) is 0.214. The van der Waals surface area contributed by atoms with E-state index in [9.17, 15) is 39.6 Å². The molecular formula is C34H42N2O9S. The van der Waals surface area contributed by atoms with Crippen molar-refractivity contribution in [1.29, 1.82) is 0 Å². The number of carbonyl (C=O) groups is 4. The molecule has 1 aromatic rings. The van der Waals surface area contributed by atoms with Gasteiger partial charge in [0.1, 0.15) is 28.9 Å². The van der Waals surface area contributed by atoms with Crippen molar-refractivity contribution in [3.05, 3.63) is 52.0 Å². The van der Waals surface area contributed by atoms with Crippen molar-refractivity contribution in [2.24, 2.45) is 23.5 Å². The molecular weight excluding hydrogens is 612 g/mol. The number of carbonyl (C=O) groups excluding carboxylic acids is 4. The van der Waals surface area contributed by atoms with Crippen LogP contribution in [-0.2, 0) is 19.1 Å². The Morgan fingerprint density at radius 3 is 2.30 bits per heavy atom. The van der Waals surface area contributed by atoms with E-state index in [0.29, 0.717) is 29.4 Å². The molecule has 1 aromatic carbocycles. The summed E-state index contributed by atoms with van der Waals surface area (Å²) in [4.78, 5) is 56.3. The molecule has 6 atom stereocenters. The highest BCUT2D eigenvalue weighted by Gasteiger charge is 2.69. The van der Waals surface area contributed by atoms with Crippen LogP contribution in [0, 0.1) is 17.8 Å². The SMILES string of the molecule is CN(C)[C@@H]1C(O)=C(C(N)=O)C(=O)[C@]2(O)C(O)=C3C(=O)c4c(O)cccc4[C@H](CSC4CCCC4)[C@H]3[C@H](OC(=O)C3CCCCC3)[C@@H]12. The van der Waals surface area contributed by atoms with Crippen LogP contribution in [0.1, 0.15) is 79.6 Å². The normalized spacial score (nSPS) is 32.0. The van der Waals surface area contributed by atoms with Gasteiger partial charge in [-0.1, -0.05) is 44.2 Å². The molecule has 0 spiro atoms. The lowest BCUT2D eigenvalue weighted by Crippen LogP contribution is -2.69. The summed E-state index contributed by atoms with van der Waals surface area (Å²) in [5, 5.41) is 47.1. The number of phenolic OH excluding ortho intramolecular Hbond substituents is 1. The number of likely N-dealkylation sites (N-methyl/N-ethyl adjacent to an activating group) is 1. The van der Waals surface area contributed by atoms with Gasteiger partial charge in [-0.05, 0) is 51.4 Å². The first-order valence-electron chi connectivity index (χ1n) is 16.2. The van der Waals surface area contributed by atoms with Crippen LogP contribution in [0.2, 0.25) is 0 Å². The lowest BCUT2D eigenvalue weighted by Gasteiger charge is -2.54. The first kappa shape index (κ1) is 32.6. The van der Waals surface area contributed by atoms with Gasteiger partial charge in [0.15, 0.2) is 11.4 Å². The fourth-order valence-corrected chi connectivity index (χ4v) is 10.1. The van der Waals surface area contributed by atoms with Crippen molar-refractivity contribution >= 4 is 35.2 Å². The number of amides is 1. The Kier molecular flexibility index (Phi) is 8.75. The minimum atomic E-state index is -2.95. The average molecular weight is 655 g/mol. The Balaban J connectivity index is 1.59. The number of rotatable bonds is 7. The highest BCUT2D eigenvalue weighted by Crippen LogP contribution is 2.57. The number of Topliss-reactive ketones (excluding diaryl/α,β-unsaturated/α-hetero) is 2. The number of thioether (sulfide) groups is 1. The van der Waals surface area contributed by atoms with Gasteiger partial charge in [0.05, 0.1) is 23.4 Å². The van der Waals surface area contributed by atoms with Gasteiger partial charge in [-0.15, -0.1) is 0 Å². The number of aliphatic hydroxyl groups excluding tert-OH is 2. The van der Waals surface area contributed by atoms with Crippen molar-refractivity contribution < 1.29 is 44.3 Å². The molecule has 2 saturated carbocycles. The zero-order valence-electron chi connectivity index (χ0n) is 26.1. The predicted octanol–water partition coefficient (Wildman–Crippen LogP) is 3.44. The van der Waals surface area contributed by atoms with Crippen molar-refractivity contribution in [3.8, 4) is 5.75 Å². The lowest BCUT2D eigenvalue weighted by atomic mass is 9.55. The first-order valence-corrected chi connectivity index (χ1v) is 17.2. The summed E-state index contributed by atoms with van der Waals surface area (Å²) in [5.41, 5.74) is 1.78. The van der Waals surface area contributed by atoms with E-state index < -0.39 is 82.0 Å². The molecule has 0 bridgehead atoms. The number of hydrogen-bond donors (Lipinski definition) is 5. The maximum Gasteiger partial charge on any atom is 0.309 e. The number of phenols is 1. The van der Waals surface area contributed by atoms with E-state index in [2.05, 4.69) is 0 Å². The second-order valence-corrected chi connectivity index (χ2v) is 14.9. The third-order valence-corrected chi connectivity index (χ3v) is 12.3. The number of esters is 1. The molecule has 5 aliphatic carbocycles. The number of ether oxygens (including phenoxy) is 1. The van der Waals surface area contributed by atoms with E-state index in [1.807, 2.05) is 0 Å². The molecule has 6 rings (SSSR count). The minimum Gasteiger partial charge on any atom is -0.510 e. The fraction of sp³-hybridized carbons (Fsp3) is 0.588. The van der Waals surface area contributed by atoms with Crippen molar-refractivity contribution in [2.75, 3.05) is 19.8 Å². The van der Waals surface area contributed by atoms with Crippen molar-refractivity contribution in [1.82, 2.24) is 4.90 Å². The number of benzene rings is 1. The number of primary amides is 1. The standard InChI is InChI=1S/C34H42N2O9S/c1-36(2)26-25-29(45-33(43)16-9-4-3-5-10-16)22-19(15-46-17-11-6-7-12-17)18-13-8-14-20(37)21(18)27(38)23(22)30(40)34(25,44)31(41)24(28(26)39)32(35)42/h8,13-14,16-17,19,22,25-26,29,37,39-40,44H,3-7,9-12,15H2,1-2H3,(H2,35,42)/t19-,22+,25+,26-,29-,34+/m0/s1. The highest BCUT2D eigenvalue weighted by molar-refractivity contribution is 7.99. The van der Waals surface area contributed by atoms with Crippen LogP contribution in [0.4, 0.5) is 0 Å². The minimum absolute atomic E-state index is 0.0577. The Hall–Kier alpha value is -3.35. The molecule has 0 radical (unpaired) electrons. The van der Waals surface area contributed by atoms with Crippen LogP contribution >= 0.6 is 11.8 Å². The Morgan fingerprint density at radius 1 is 1.02 bits per heavy atom. The molecule has 248 valence electrons. The summed E-state index contributed by atoms with van der Waals surface area (Å²) in [5.74, 6) is -9.18. The molecule has 12 heteroatoms. The number of nitrogens with two attached hydrogens (primary N) is 1. The zero-order chi connectivity index (χ0) is 33.1. The van der Waals surface area contributed by atoms with E-state index >= 15 is 0 Å². The number of aliphatic hydroxyl groups is 3. The molecule has 0 aliphatic heterocycles. The Labute approximate surface area is 271 Å². The largest absolute Gasteiger partial charge is 0.510 e. The number of hydrogen-bond acceptors (Lipinski definition) is 11. The van der Waals surface area contributed by atoms with E-state index in [0.717, 1.165) is 44.9 Å². The van der Waals surface area contributed by atoms with Gasteiger partial charge in [-0.25, -0.2) is 0 Å². The molecule has 1 amide bonds. The van der Waals surface area contributed by atoms with Gasteiger partial charge in [0.25, 0.3) is 5.91 Å². The van der Waals surface area contributed by atoms with E-state index in [1.165, 1.54) is 11.0 Å². The van der Waals surface area contributed by atoms with Crippen LogP contribution in [0.5, 0.6) is 5.75 Å². The van der Waals surface area contributed by atoms with Crippen LogP contribution < -0.4 is 5.73 Å². The molecule has 0 saturated heterocycles. The van der Waals surface area contributed by atoms with Gasteiger partial charge in [0, 0.05) is 28.4 Å². The fourth-order valence-electron chi connectivity index (χ4n) is 8.58. The van der Waals surface area contributed by atoms with Gasteiger partial charge < -0.3 is 30.9 Å². The lowest BCUT2D eigenvalue weighted by molar-refractivity contribution is -0.184. The van der Waals surface area contributed by atoms with Gasteiger partial charge in [0.2, 0.25) is 5.78 Å². The van der Waals surface area contributed by atoms with Gasteiger partial charge in [-0.2, -0.15) is 11.8 Å². The zero-order valence-corrected chi connectivity index (χ0v) is 26.9. The summed E-state index contributed by atoms with van der Waals surface area (Å²) in [6, 6.07) is 3.42. The Morgan fingerprint density at radius 2 is 1.67 bits per heavy atom. The third kappa shape index (κ3) is 5.04. The average Bonchev–Trinajstić information content (AvgIpc) is 3.54. The predicted molar refractivity (Wildman–Crippen MR) is 169 cm³/mol. The summed E-state index contributed by atoms with van der Waals surface area (Å²) < 4.78 is 6.35. The van der Waals surface area contributed by atoms with E-state index in [4.69, 9.17) is 10.5 Å². The number of fused-ring (bicyclic) bond motifs is 3. The first-order chi connectivity index (χ1) is 21.9. The number of aromatic hydroxyl groups is 1. The summed E-state index contributed by atoms with van der Waals surface area (Å²) >= 11 is 1.71. The van der Waals surface area contributed by atoms with E-state index in [1.54, 1.807) is 38.0 Å². The molecule has 0 heterocycles. The second kappa shape index (κ2) is 12.4. The van der Waals surface area contributed by atoms with Gasteiger partial charge in [-0.3, -0.25) is 24.1 Å². The molecule has 0 aromatic heterocycles. The molecule has 11 nitrogen and oxygen atoms in total. The molecule has 2 fully saturated rings. The molecule has 0 unspecified atom stereocenters. The van der Waals surface area contributed by atoms with Crippen LogP contribution in [0.3, 0.4) is 0 Å². The number of ketones is 2. The van der Waals surface area contributed by atoms with Crippen LogP contribution in [0.15, 0.2) is 40.9 Å². The van der Waals surface area contributed by atoms with Gasteiger partial charge >= 0.3 is 5.97 Å². The maximum absolute atomic E-state index is 14.3. The topological polar surface area (TPSA) is 188 Å². The van der Waals surface area contributed by atoms with Crippen LogP contribution in [0.25, 0.3) is 0 Å². The molecule has 6 N–H and O–H groups in total. The monoisotopic (exact) mass is 654 g/mol. The molecule has 5 aliphatic rings. The second-order valence-electron chi connectivity index (χ2n) is 13.6. The van der Waals surface area contributed by atoms with E-state index in [-0.39, 0.29) is 16.9 Å². The molecule has 46 heavy (non-hydrogen) atoms. The van der Waals surface area contributed by atoms with Crippen LogP contribution in [-0.4, -0.2) is 91.6 Å².